The van der Waals surface area contributed by atoms with Crippen LogP contribution in [0.1, 0.15) is 386 Å². The summed E-state index contributed by atoms with van der Waals surface area (Å²) < 4.78 is 5.49. The van der Waals surface area contributed by atoms with Crippen LogP contribution in [0.3, 0.4) is 0 Å². The minimum atomic E-state index is -0.664. The van der Waals surface area contributed by atoms with Gasteiger partial charge in [-0.1, -0.05) is 340 Å². The molecule has 0 aromatic heterocycles. The summed E-state index contributed by atoms with van der Waals surface area (Å²) in [4.78, 5) is 24.6. The average Bonchev–Trinajstić information content (AvgIpc) is 3.42. The minimum Gasteiger partial charge on any atom is -0.466 e. The fourth-order valence-electron chi connectivity index (χ4n) is 11.0. The van der Waals surface area contributed by atoms with Crippen molar-refractivity contribution in [3.05, 3.63) is 24.3 Å². The predicted octanol–water partition coefficient (Wildman–Crippen LogP) is 22.1. The van der Waals surface area contributed by atoms with E-state index in [1.54, 1.807) is 0 Å². The van der Waals surface area contributed by atoms with Crippen LogP contribution in [0.15, 0.2) is 24.3 Å². The van der Waals surface area contributed by atoms with Crippen LogP contribution in [0.2, 0.25) is 0 Å². The first kappa shape index (κ1) is 74.3. The van der Waals surface area contributed by atoms with Gasteiger partial charge in [0, 0.05) is 12.8 Å². The van der Waals surface area contributed by atoms with E-state index in [0.29, 0.717) is 25.9 Å². The van der Waals surface area contributed by atoms with Crippen LogP contribution in [0.4, 0.5) is 0 Å². The van der Waals surface area contributed by atoms with Crippen molar-refractivity contribution >= 4 is 11.9 Å². The molecule has 2 unspecified atom stereocenters. The molecule has 76 heavy (non-hydrogen) atoms. The standard InChI is InChI=1S/C70H135NO5/c1-3-5-7-9-11-13-15-17-34-38-42-46-50-54-58-62-68(73)67(66-72)71-69(74)63-59-55-51-47-43-39-36-32-30-28-26-24-22-20-19-21-23-25-27-29-31-33-37-41-45-49-53-57-61-65-76-70(75)64-60-56-52-48-44-40-35-18-16-14-12-10-8-6-4-2/h19,21,25,27,67-68,72-73H,3-18,20,22-24,26,28-66H2,1-2H3,(H,71,74)/b21-19-,27-25-. The van der Waals surface area contributed by atoms with E-state index in [0.717, 1.165) is 44.9 Å². The molecule has 0 radical (unpaired) electrons. The Hall–Kier alpha value is -1.66. The lowest BCUT2D eigenvalue weighted by atomic mass is 10.0. The maximum Gasteiger partial charge on any atom is 0.305 e. The fourth-order valence-corrected chi connectivity index (χ4v) is 11.0. The van der Waals surface area contributed by atoms with Gasteiger partial charge in [-0.25, -0.2) is 0 Å². The largest absolute Gasteiger partial charge is 0.466 e. The molecule has 0 saturated heterocycles. The lowest BCUT2D eigenvalue weighted by molar-refractivity contribution is -0.143. The van der Waals surface area contributed by atoms with Crippen LogP contribution in [0.25, 0.3) is 0 Å². The van der Waals surface area contributed by atoms with Gasteiger partial charge in [-0.2, -0.15) is 0 Å². The Labute approximate surface area is 475 Å². The number of carbonyl (C=O) groups is 2. The zero-order chi connectivity index (χ0) is 55.0. The number of aliphatic hydroxyl groups is 2. The zero-order valence-corrected chi connectivity index (χ0v) is 51.5. The number of hydrogen-bond acceptors (Lipinski definition) is 5. The molecule has 450 valence electrons. The second-order valence-corrected chi connectivity index (χ2v) is 23.9. The summed E-state index contributed by atoms with van der Waals surface area (Å²) in [6.45, 7) is 4.98. The van der Waals surface area contributed by atoms with Gasteiger partial charge in [0.15, 0.2) is 0 Å². The fraction of sp³-hybridized carbons (Fsp3) is 0.914. The molecule has 1 amide bonds. The van der Waals surface area contributed by atoms with E-state index in [9.17, 15) is 19.8 Å². The number of esters is 1. The van der Waals surface area contributed by atoms with Crippen LogP contribution in [-0.2, 0) is 14.3 Å². The van der Waals surface area contributed by atoms with Gasteiger partial charge in [-0.05, 0) is 57.8 Å². The number of unbranched alkanes of at least 4 members (excludes halogenated alkanes) is 50. The number of allylic oxidation sites excluding steroid dienone is 4. The number of rotatable bonds is 65. The first-order valence-corrected chi connectivity index (χ1v) is 34.6. The van der Waals surface area contributed by atoms with E-state index >= 15 is 0 Å². The normalized spacial score (nSPS) is 12.6. The highest BCUT2D eigenvalue weighted by molar-refractivity contribution is 5.76. The molecule has 6 heteroatoms. The summed E-state index contributed by atoms with van der Waals surface area (Å²) in [5.74, 6) is -0.0178. The van der Waals surface area contributed by atoms with E-state index < -0.39 is 12.1 Å². The zero-order valence-electron chi connectivity index (χ0n) is 51.5. The Morgan fingerprint density at radius 1 is 0.368 bits per heavy atom. The van der Waals surface area contributed by atoms with Gasteiger partial charge in [0.1, 0.15) is 0 Å². The SMILES string of the molecule is CCCCCCCCCCCCCCCCCC(=O)OCCCCCCCCCCC/C=C\C/C=C\CCCCCCCCCCCCCCCC(=O)NC(CO)C(O)CCCCCCCCCCCCCCCCC. The topological polar surface area (TPSA) is 95.9 Å². The third kappa shape index (κ3) is 61.6. The average molecular weight is 1070 g/mol. The summed E-state index contributed by atoms with van der Waals surface area (Å²) in [5, 5.41) is 23.3. The molecule has 0 spiro atoms. The van der Waals surface area contributed by atoms with Gasteiger partial charge in [-0.15, -0.1) is 0 Å². The van der Waals surface area contributed by atoms with Gasteiger partial charge in [0.25, 0.3) is 0 Å². The van der Waals surface area contributed by atoms with Gasteiger partial charge in [0.05, 0.1) is 25.4 Å². The lowest BCUT2D eigenvalue weighted by Gasteiger charge is -2.22. The Bertz CT molecular complexity index is 1190. The summed E-state index contributed by atoms with van der Waals surface area (Å²) in [6.07, 6.45) is 82.2. The van der Waals surface area contributed by atoms with E-state index in [1.165, 1.54) is 308 Å². The monoisotopic (exact) mass is 1070 g/mol. The molecular weight excluding hydrogens is 935 g/mol. The Morgan fingerprint density at radius 2 is 0.658 bits per heavy atom. The van der Waals surface area contributed by atoms with E-state index in [2.05, 4.69) is 43.5 Å². The molecule has 0 aliphatic carbocycles. The first-order chi connectivity index (χ1) is 37.5. The highest BCUT2D eigenvalue weighted by Gasteiger charge is 2.20. The Balaban J connectivity index is 3.39. The van der Waals surface area contributed by atoms with Gasteiger partial charge in [0.2, 0.25) is 5.91 Å². The van der Waals surface area contributed by atoms with Crippen molar-refractivity contribution in [2.24, 2.45) is 0 Å². The molecule has 0 aliphatic heterocycles. The minimum absolute atomic E-state index is 0.0155. The molecule has 0 fully saturated rings. The van der Waals surface area contributed by atoms with Gasteiger partial charge < -0.3 is 20.3 Å². The van der Waals surface area contributed by atoms with E-state index in [1.807, 2.05) is 0 Å². The van der Waals surface area contributed by atoms with Crippen molar-refractivity contribution in [3.8, 4) is 0 Å². The molecule has 0 heterocycles. The second kappa shape index (κ2) is 65.9. The molecule has 3 N–H and O–H groups in total. The molecular formula is C70H135NO5. The van der Waals surface area contributed by atoms with Crippen LogP contribution < -0.4 is 5.32 Å². The first-order valence-electron chi connectivity index (χ1n) is 34.6. The number of hydrogen-bond donors (Lipinski definition) is 3. The van der Waals surface area contributed by atoms with Gasteiger partial charge >= 0.3 is 5.97 Å². The highest BCUT2D eigenvalue weighted by Crippen LogP contribution is 2.19. The van der Waals surface area contributed by atoms with Crippen LogP contribution in [0.5, 0.6) is 0 Å². The van der Waals surface area contributed by atoms with Crippen molar-refractivity contribution < 1.29 is 24.5 Å². The van der Waals surface area contributed by atoms with Crippen molar-refractivity contribution in [1.29, 1.82) is 0 Å². The van der Waals surface area contributed by atoms with Crippen LogP contribution in [-0.4, -0.2) is 47.4 Å². The maximum atomic E-state index is 12.5. The maximum absolute atomic E-state index is 12.5. The molecule has 0 aromatic carbocycles. The van der Waals surface area contributed by atoms with Gasteiger partial charge in [-0.3, -0.25) is 9.59 Å². The number of ether oxygens (including phenoxy) is 1. The second-order valence-electron chi connectivity index (χ2n) is 23.9. The number of carbonyl (C=O) groups excluding carboxylic acids is 2. The molecule has 0 rings (SSSR count). The summed E-state index contributed by atoms with van der Waals surface area (Å²) >= 11 is 0. The molecule has 0 saturated carbocycles. The smallest absolute Gasteiger partial charge is 0.305 e. The van der Waals surface area contributed by atoms with Crippen molar-refractivity contribution in [1.82, 2.24) is 5.32 Å². The van der Waals surface area contributed by atoms with Crippen LogP contribution >= 0.6 is 0 Å². The molecule has 2 atom stereocenters. The van der Waals surface area contributed by atoms with Crippen molar-refractivity contribution in [3.63, 3.8) is 0 Å². The molecule has 6 nitrogen and oxygen atoms in total. The Morgan fingerprint density at radius 3 is 1.00 bits per heavy atom. The lowest BCUT2D eigenvalue weighted by Crippen LogP contribution is -2.45. The summed E-state index contributed by atoms with van der Waals surface area (Å²) in [5.41, 5.74) is 0. The molecule has 0 aliphatic rings. The third-order valence-corrected chi connectivity index (χ3v) is 16.3. The van der Waals surface area contributed by atoms with Crippen LogP contribution in [0, 0.1) is 0 Å². The highest BCUT2D eigenvalue weighted by atomic mass is 16.5. The number of aliphatic hydroxyl groups excluding tert-OH is 2. The van der Waals surface area contributed by atoms with Crippen molar-refractivity contribution in [2.45, 2.75) is 398 Å². The summed E-state index contributed by atoms with van der Waals surface area (Å²) in [7, 11) is 0. The quantitative estimate of drug-likeness (QED) is 0.0320. The summed E-state index contributed by atoms with van der Waals surface area (Å²) in [6, 6.07) is -0.542. The Kier molecular flexibility index (Phi) is 64.4. The van der Waals surface area contributed by atoms with E-state index in [-0.39, 0.29) is 18.5 Å². The third-order valence-electron chi connectivity index (χ3n) is 16.3. The predicted molar refractivity (Wildman–Crippen MR) is 333 cm³/mol. The van der Waals surface area contributed by atoms with Crippen molar-refractivity contribution in [2.75, 3.05) is 13.2 Å². The number of amides is 1. The number of nitrogens with one attached hydrogen (secondary N) is 1. The van der Waals surface area contributed by atoms with E-state index in [4.69, 9.17) is 4.74 Å². The molecule has 0 aromatic rings. The molecule has 0 bridgehead atoms.